The summed E-state index contributed by atoms with van der Waals surface area (Å²) >= 11 is 25.9. The van der Waals surface area contributed by atoms with Gasteiger partial charge in [0.1, 0.15) is 17.4 Å². The molecule has 0 spiro atoms. The highest BCUT2D eigenvalue weighted by molar-refractivity contribution is 7.99. The van der Waals surface area contributed by atoms with Crippen molar-refractivity contribution >= 4 is 69.2 Å². The molecule has 31 heavy (non-hydrogen) atoms. The molecule has 4 rings (SSSR count). The number of alkyl halides is 1. The zero-order chi connectivity index (χ0) is 22.5. The number of fused-ring (bicyclic) bond motifs is 1. The quantitative estimate of drug-likeness (QED) is 0.208. The lowest BCUT2D eigenvalue weighted by Gasteiger charge is -2.09. The summed E-state index contributed by atoms with van der Waals surface area (Å²) in [4.78, 5) is 8.86. The molecule has 0 aliphatic rings. The van der Waals surface area contributed by atoms with E-state index in [2.05, 4.69) is 28.5 Å². The minimum atomic E-state index is -0.901. The molecule has 0 saturated heterocycles. The van der Waals surface area contributed by atoms with E-state index in [1.807, 2.05) is 42.5 Å². The maximum absolute atomic E-state index is 10.8. The van der Waals surface area contributed by atoms with E-state index in [1.54, 1.807) is 23.9 Å². The molecule has 1 aromatic heterocycles. The fraction of sp³-hybridized carbons (Fsp3) is 0.174. The van der Waals surface area contributed by atoms with E-state index in [9.17, 15) is 5.11 Å². The molecule has 0 fully saturated rings. The number of rotatable bonds is 5. The van der Waals surface area contributed by atoms with Gasteiger partial charge in [0, 0.05) is 27.4 Å². The van der Waals surface area contributed by atoms with Crippen molar-refractivity contribution in [2.45, 2.75) is 17.9 Å². The Morgan fingerprint density at radius 1 is 1.00 bits per heavy atom. The van der Waals surface area contributed by atoms with Crippen LogP contribution in [-0.2, 0) is 0 Å². The summed E-state index contributed by atoms with van der Waals surface area (Å²) in [7, 11) is 0. The molecule has 3 nitrogen and oxygen atoms in total. The third-order valence-electron chi connectivity index (χ3n) is 4.60. The Bertz CT molecular complexity index is 1180. The van der Waals surface area contributed by atoms with Crippen LogP contribution in [0, 0.1) is 0 Å². The van der Waals surface area contributed by atoms with Crippen LogP contribution in [0.5, 0.6) is 0 Å². The molecule has 1 heterocycles. The molecule has 3 aromatic carbocycles. The van der Waals surface area contributed by atoms with Crippen molar-refractivity contribution < 1.29 is 5.11 Å². The molecule has 0 saturated carbocycles. The third-order valence-corrected chi connectivity index (χ3v) is 6.49. The van der Waals surface area contributed by atoms with Gasteiger partial charge in [0.2, 0.25) is 0 Å². The zero-order valence-corrected chi connectivity index (χ0v) is 20.6. The van der Waals surface area contributed by atoms with Crippen molar-refractivity contribution in [3.8, 4) is 11.1 Å². The van der Waals surface area contributed by atoms with Gasteiger partial charge < -0.3 is 10.1 Å². The first-order valence-corrected chi connectivity index (χ1v) is 12.3. The molecule has 0 radical (unpaired) electrons. The molecule has 8 heteroatoms. The van der Waals surface area contributed by atoms with Crippen LogP contribution in [0.2, 0.25) is 15.1 Å². The number of benzene rings is 3. The fourth-order valence-electron chi connectivity index (χ4n) is 3.21. The SMILES string of the molecule is CCSc1ccc(C(O)c2nc3c(Cl)c(-c4ccccc4Cl)c(Cl)cc3[nH]2)cc1.CCl. The first kappa shape index (κ1) is 24.2. The van der Waals surface area contributed by atoms with Crippen molar-refractivity contribution in [1.82, 2.24) is 9.97 Å². The van der Waals surface area contributed by atoms with Crippen LogP contribution in [0.1, 0.15) is 24.4 Å². The van der Waals surface area contributed by atoms with E-state index in [1.165, 1.54) is 6.38 Å². The number of hydrogen-bond donors (Lipinski definition) is 2. The summed E-state index contributed by atoms with van der Waals surface area (Å²) in [5, 5.41) is 12.2. The Morgan fingerprint density at radius 2 is 1.68 bits per heavy atom. The topological polar surface area (TPSA) is 48.9 Å². The normalized spacial score (nSPS) is 11.8. The van der Waals surface area contributed by atoms with Gasteiger partial charge in [-0.3, -0.25) is 0 Å². The number of aliphatic hydroxyl groups excluding tert-OH is 1. The number of nitrogens with zero attached hydrogens (tertiary/aromatic N) is 1. The minimum absolute atomic E-state index is 0.394. The number of imidazole rings is 1. The van der Waals surface area contributed by atoms with Crippen molar-refractivity contribution in [1.29, 1.82) is 0 Å². The molecule has 0 amide bonds. The summed E-state index contributed by atoms with van der Waals surface area (Å²) in [5.41, 5.74) is 3.30. The maximum Gasteiger partial charge on any atom is 0.140 e. The van der Waals surface area contributed by atoms with Gasteiger partial charge in [-0.25, -0.2) is 4.98 Å². The molecule has 0 aliphatic carbocycles. The molecular weight excluding hydrogens is 494 g/mol. The van der Waals surface area contributed by atoms with Crippen LogP contribution in [0.15, 0.2) is 59.5 Å². The number of H-pyrrole nitrogens is 1. The standard InChI is InChI=1S/C22H17Cl3N2OS.CH3Cl/c1-2-29-13-9-7-12(8-10-13)21(28)22-26-17-11-16(24)18(19(25)20(17)27-22)14-5-3-4-6-15(14)23;1-2/h3-11,21,28H,2H2,1H3,(H,26,27);1H3. The number of aromatic amines is 1. The summed E-state index contributed by atoms with van der Waals surface area (Å²) < 4.78 is 0. The highest BCUT2D eigenvalue weighted by Gasteiger charge is 2.21. The number of halogens is 4. The predicted octanol–water partition coefficient (Wildman–Crippen LogP) is 8.24. The number of thioether (sulfide) groups is 1. The molecule has 162 valence electrons. The zero-order valence-electron chi connectivity index (χ0n) is 16.8. The largest absolute Gasteiger partial charge is 0.380 e. The lowest BCUT2D eigenvalue weighted by molar-refractivity contribution is 0.211. The second kappa shape index (κ2) is 11.0. The smallest absolute Gasteiger partial charge is 0.140 e. The number of aliphatic hydroxyl groups is 1. The maximum atomic E-state index is 10.8. The van der Waals surface area contributed by atoms with E-state index in [-0.39, 0.29) is 0 Å². The lowest BCUT2D eigenvalue weighted by Crippen LogP contribution is -2.01. The Kier molecular flexibility index (Phi) is 8.57. The second-order valence-corrected chi connectivity index (χ2v) is 8.98. The van der Waals surface area contributed by atoms with Crippen LogP contribution >= 0.6 is 58.2 Å². The monoisotopic (exact) mass is 512 g/mol. The van der Waals surface area contributed by atoms with Gasteiger partial charge in [0.05, 0.1) is 15.6 Å². The van der Waals surface area contributed by atoms with Crippen molar-refractivity contribution in [3.05, 3.63) is 81.1 Å². The summed E-state index contributed by atoms with van der Waals surface area (Å²) in [6.45, 7) is 2.10. The number of nitrogens with one attached hydrogen (secondary N) is 1. The predicted molar refractivity (Wildman–Crippen MR) is 135 cm³/mol. The van der Waals surface area contributed by atoms with E-state index in [4.69, 9.17) is 34.8 Å². The van der Waals surface area contributed by atoms with Crippen molar-refractivity contribution in [2.75, 3.05) is 12.1 Å². The molecule has 4 aromatic rings. The lowest BCUT2D eigenvalue weighted by atomic mass is 10.0. The van der Waals surface area contributed by atoms with Gasteiger partial charge in [-0.05, 0) is 35.6 Å². The van der Waals surface area contributed by atoms with Crippen LogP contribution in [0.25, 0.3) is 22.2 Å². The van der Waals surface area contributed by atoms with Crippen LogP contribution in [0.4, 0.5) is 0 Å². The van der Waals surface area contributed by atoms with Gasteiger partial charge in [0.15, 0.2) is 0 Å². The number of hydrogen-bond acceptors (Lipinski definition) is 3. The van der Waals surface area contributed by atoms with E-state index in [0.717, 1.165) is 21.8 Å². The van der Waals surface area contributed by atoms with E-state index in [0.29, 0.717) is 37.5 Å². The molecule has 0 bridgehead atoms. The molecule has 2 N–H and O–H groups in total. The van der Waals surface area contributed by atoms with E-state index >= 15 is 0 Å². The second-order valence-electron chi connectivity index (χ2n) is 6.45. The molecule has 1 atom stereocenters. The fourth-order valence-corrected chi connectivity index (χ4v) is 4.80. The van der Waals surface area contributed by atoms with Crippen LogP contribution < -0.4 is 0 Å². The van der Waals surface area contributed by atoms with E-state index < -0.39 is 6.10 Å². The molecule has 1 unspecified atom stereocenters. The Balaban J connectivity index is 0.00000132. The molecule has 0 aliphatic heterocycles. The Morgan fingerprint density at radius 3 is 2.32 bits per heavy atom. The minimum Gasteiger partial charge on any atom is -0.380 e. The number of aromatic nitrogens is 2. The van der Waals surface area contributed by atoms with Crippen LogP contribution in [-0.4, -0.2) is 27.2 Å². The summed E-state index contributed by atoms with van der Waals surface area (Å²) in [5.74, 6) is 1.41. The highest BCUT2D eigenvalue weighted by atomic mass is 35.5. The average molecular weight is 514 g/mol. The average Bonchev–Trinajstić information content (AvgIpc) is 3.21. The summed E-state index contributed by atoms with van der Waals surface area (Å²) in [6, 6.07) is 16.9. The highest BCUT2D eigenvalue weighted by Crippen LogP contribution is 2.42. The Hall–Kier alpha value is -1.40. The van der Waals surface area contributed by atoms with Gasteiger partial charge >= 0.3 is 0 Å². The van der Waals surface area contributed by atoms with Crippen molar-refractivity contribution in [2.24, 2.45) is 0 Å². The summed E-state index contributed by atoms with van der Waals surface area (Å²) in [6.07, 6.45) is 0.571. The van der Waals surface area contributed by atoms with Gasteiger partial charge in [-0.2, -0.15) is 0 Å². The van der Waals surface area contributed by atoms with Gasteiger partial charge in [-0.15, -0.1) is 23.4 Å². The van der Waals surface area contributed by atoms with Gasteiger partial charge in [0.25, 0.3) is 0 Å². The first-order chi connectivity index (χ1) is 15.0. The third kappa shape index (κ3) is 5.16. The molecular formula is C23H20Cl4N2OS. The first-order valence-electron chi connectivity index (χ1n) is 9.40. The van der Waals surface area contributed by atoms with Crippen molar-refractivity contribution in [3.63, 3.8) is 0 Å². The Labute approximate surface area is 205 Å². The van der Waals surface area contributed by atoms with Crippen LogP contribution in [0.3, 0.4) is 0 Å². The van der Waals surface area contributed by atoms with Gasteiger partial charge in [-0.1, -0.05) is 72.1 Å².